The standard InChI is InChI=1S/C24H48O4Si6/c1-29(2,3)25-33(13,26-30(4,5)6)23-20-24(22-19-17-15-16-18-21(22)23)34(14,27-31(7,8)9)28-32(10,11)12/h15-20H,1-14H3. The van der Waals surface area contributed by atoms with Crippen molar-refractivity contribution in [3.63, 3.8) is 0 Å². The van der Waals surface area contributed by atoms with Crippen LogP contribution in [0.15, 0.2) is 36.4 Å². The second-order valence-corrected chi connectivity index (χ2v) is 38.5. The summed E-state index contributed by atoms with van der Waals surface area (Å²) in [6.07, 6.45) is 0. The SMILES string of the molecule is C[Si](C)(C)O[Si](C)(O[Si](C)(C)C)c1cc([Si](C)(O[Si](C)(C)C)O[Si](C)(C)C)c2cccccc1-2. The molecule has 0 radical (unpaired) electrons. The highest BCUT2D eigenvalue weighted by atomic mass is 28.5. The predicted octanol–water partition coefficient (Wildman–Crippen LogP) is 6.76. The van der Waals surface area contributed by atoms with Gasteiger partial charge in [0.2, 0.25) is 0 Å². The normalized spacial score (nSPS) is 14.6. The Morgan fingerprint density at radius 2 is 0.676 bits per heavy atom. The first-order valence-corrected chi connectivity index (χ1v) is 30.6. The van der Waals surface area contributed by atoms with E-state index in [0.717, 1.165) is 0 Å². The van der Waals surface area contributed by atoms with Crippen molar-refractivity contribution in [3.8, 4) is 11.1 Å². The molecule has 0 saturated heterocycles. The topological polar surface area (TPSA) is 36.9 Å². The van der Waals surface area contributed by atoms with E-state index >= 15 is 0 Å². The van der Waals surface area contributed by atoms with Crippen molar-refractivity contribution in [1.82, 2.24) is 0 Å². The van der Waals surface area contributed by atoms with E-state index in [0.29, 0.717) is 0 Å². The van der Waals surface area contributed by atoms with Gasteiger partial charge in [0.05, 0.1) is 0 Å². The van der Waals surface area contributed by atoms with E-state index < -0.39 is 50.4 Å². The van der Waals surface area contributed by atoms with E-state index in [2.05, 4.69) is 128 Å². The summed E-state index contributed by atoms with van der Waals surface area (Å²) in [5.41, 5.74) is 2.45. The predicted molar refractivity (Wildman–Crippen MR) is 163 cm³/mol. The zero-order valence-electron chi connectivity index (χ0n) is 24.1. The molecule has 0 atom stereocenters. The highest BCUT2D eigenvalue weighted by molar-refractivity contribution is 6.97. The fraction of sp³-hybridized carbons (Fsp3) is 0.583. The Kier molecular flexibility index (Phi) is 8.80. The molecule has 192 valence electrons. The smallest absolute Gasteiger partial charge is 0.349 e. The molecule has 0 aromatic carbocycles. The van der Waals surface area contributed by atoms with Crippen LogP contribution in [-0.4, -0.2) is 50.4 Å². The molecule has 0 amide bonds. The molecular weight excluding hydrogens is 521 g/mol. The van der Waals surface area contributed by atoms with Crippen molar-refractivity contribution in [2.45, 2.75) is 91.7 Å². The van der Waals surface area contributed by atoms with Crippen LogP contribution in [0.3, 0.4) is 0 Å². The number of rotatable bonds is 10. The lowest BCUT2D eigenvalue weighted by molar-refractivity contribution is 0.404. The molecule has 0 aromatic heterocycles. The van der Waals surface area contributed by atoms with Gasteiger partial charge in [0.15, 0.2) is 33.3 Å². The van der Waals surface area contributed by atoms with Crippen LogP contribution < -0.4 is 10.4 Å². The molecule has 0 unspecified atom stereocenters. The van der Waals surface area contributed by atoms with Crippen LogP contribution in [0.5, 0.6) is 0 Å². The van der Waals surface area contributed by atoms with Gasteiger partial charge in [0, 0.05) is 10.4 Å². The molecule has 0 aromatic rings. The van der Waals surface area contributed by atoms with Crippen molar-refractivity contribution in [2.75, 3.05) is 0 Å². The highest BCUT2D eigenvalue weighted by Crippen LogP contribution is 2.31. The van der Waals surface area contributed by atoms with Crippen molar-refractivity contribution < 1.29 is 16.5 Å². The zero-order chi connectivity index (χ0) is 26.4. The van der Waals surface area contributed by atoms with Crippen LogP contribution in [0.4, 0.5) is 0 Å². The quantitative estimate of drug-likeness (QED) is 0.297. The van der Waals surface area contributed by atoms with E-state index in [1.165, 1.54) is 21.5 Å². The average molecular weight is 569 g/mol. The second kappa shape index (κ2) is 9.95. The fourth-order valence-corrected chi connectivity index (χ4v) is 28.6. The van der Waals surface area contributed by atoms with Gasteiger partial charge < -0.3 is 16.5 Å². The average Bonchev–Trinajstić information content (AvgIpc) is 2.72. The maximum absolute atomic E-state index is 7.00. The largest absolute Gasteiger partial charge is 0.433 e. The van der Waals surface area contributed by atoms with Crippen LogP contribution in [0.1, 0.15) is 0 Å². The van der Waals surface area contributed by atoms with Gasteiger partial charge in [-0.3, -0.25) is 0 Å². The van der Waals surface area contributed by atoms with Gasteiger partial charge >= 0.3 is 17.1 Å². The minimum absolute atomic E-state index is 1.22. The summed E-state index contributed by atoms with van der Waals surface area (Å²) in [6, 6.07) is 13.2. The van der Waals surface area contributed by atoms with Crippen molar-refractivity contribution in [2.24, 2.45) is 0 Å². The number of hydrogen-bond donors (Lipinski definition) is 0. The molecule has 0 spiro atoms. The van der Waals surface area contributed by atoms with Crippen LogP contribution >= 0.6 is 0 Å². The first-order valence-electron chi connectivity index (χ1n) is 12.4. The third-order valence-corrected chi connectivity index (χ3v) is 23.7. The number of fused-ring (bicyclic) bond motifs is 1. The van der Waals surface area contributed by atoms with Crippen molar-refractivity contribution >= 4 is 60.8 Å². The first kappa shape index (κ1) is 30.1. The molecule has 34 heavy (non-hydrogen) atoms. The molecule has 10 heteroatoms. The Hall–Kier alpha value is -0.159. The van der Waals surface area contributed by atoms with E-state index in [-0.39, 0.29) is 0 Å². The summed E-state index contributed by atoms with van der Waals surface area (Å²) >= 11 is 0. The third kappa shape index (κ3) is 8.46. The monoisotopic (exact) mass is 568 g/mol. The third-order valence-electron chi connectivity index (χ3n) is 4.89. The molecule has 4 nitrogen and oxygen atoms in total. The van der Waals surface area contributed by atoms with Gasteiger partial charge in [-0.25, -0.2) is 0 Å². The lowest BCUT2D eigenvalue weighted by Crippen LogP contribution is -2.62. The Labute approximate surface area is 215 Å². The Morgan fingerprint density at radius 1 is 0.412 bits per heavy atom. The first-order chi connectivity index (χ1) is 15.0. The van der Waals surface area contributed by atoms with E-state index in [1.54, 1.807) is 0 Å². The lowest BCUT2D eigenvalue weighted by atomic mass is 10.2. The van der Waals surface area contributed by atoms with Gasteiger partial charge in [0.1, 0.15) is 0 Å². The van der Waals surface area contributed by atoms with Crippen molar-refractivity contribution in [3.05, 3.63) is 36.4 Å². The summed E-state index contributed by atoms with van der Waals surface area (Å²) in [4.78, 5) is 0. The minimum Gasteiger partial charge on any atom is -0.433 e. The summed E-state index contributed by atoms with van der Waals surface area (Å²) in [5, 5.41) is 2.46. The minimum atomic E-state index is -2.72. The molecule has 0 saturated carbocycles. The van der Waals surface area contributed by atoms with E-state index in [4.69, 9.17) is 16.5 Å². The summed E-state index contributed by atoms with van der Waals surface area (Å²) in [5.74, 6) is 0. The maximum Gasteiger partial charge on any atom is 0.349 e. The molecule has 0 N–H and O–H groups in total. The highest BCUT2D eigenvalue weighted by Gasteiger charge is 2.49. The lowest BCUT2D eigenvalue weighted by Gasteiger charge is -2.39. The van der Waals surface area contributed by atoms with Crippen LogP contribution in [0, 0.1) is 0 Å². The Bertz CT molecular complexity index is 848. The molecule has 2 aliphatic carbocycles. The van der Waals surface area contributed by atoms with Gasteiger partial charge in [-0.05, 0) is 103 Å². The molecular formula is C24H48O4Si6. The summed E-state index contributed by atoms with van der Waals surface area (Å²) < 4.78 is 28.0. The molecule has 2 aliphatic rings. The summed E-state index contributed by atoms with van der Waals surface area (Å²) in [7, 11) is -12.9. The van der Waals surface area contributed by atoms with Gasteiger partial charge in [0.25, 0.3) is 0 Å². The number of hydrogen-bond acceptors (Lipinski definition) is 4. The molecule has 0 heterocycles. The van der Waals surface area contributed by atoms with Crippen LogP contribution in [0.25, 0.3) is 11.1 Å². The van der Waals surface area contributed by atoms with E-state index in [1.807, 2.05) is 0 Å². The Morgan fingerprint density at radius 3 is 0.912 bits per heavy atom. The van der Waals surface area contributed by atoms with Crippen LogP contribution in [0.2, 0.25) is 91.7 Å². The molecule has 2 rings (SSSR count). The Balaban J connectivity index is 2.88. The maximum atomic E-state index is 7.00. The zero-order valence-corrected chi connectivity index (χ0v) is 30.1. The molecule has 0 aliphatic heterocycles. The fourth-order valence-electron chi connectivity index (χ4n) is 4.67. The van der Waals surface area contributed by atoms with Crippen molar-refractivity contribution in [1.29, 1.82) is 0 Å². The van der Waals surface area contributed by atoms with Gasteiger partial charge in [-0.1, -0.05) is 36.4 Å². The molecule has 0 fully saturated rings. The molecule has 0 bridgehead atoms. The van der Waals surface area contributed by atoms with E-state index in [9.17, 15) is 0 Å². The van der Waals surface area contributed by atoms with Gasteiger partial charge in [-0.2, -0.15) is 0 Å². The summed E-state index contributed by atoms with van der Waals surface area (Å²) in [6.45, 7) is 31.7. The van der Waals surface area contributed by atoms with Crippen LogP contribution in [-0.2, 0) is 16.5 Å². The van der Waals surface area contributed by atoms with Gasteiger partial charge in [-0.15, -0.1) is 0 Å². The second-order valence-electron chi connectivity index (χ2n) is 13.5.